The highest BCUT2D eigenvalue weighted by Gasteiger charge is 2.21. The predicted octanol–water partition coefficient (Wildman–Crippen LogP) is 6.85. The third-order valence-corrected chi connectivity index (χ3v) is 6.54. The Morgan fingerprint density at radius 1 is 0.735 bits per heavy atom. The van der Waals surface area contributed by atoms with Crippen molar-refractivity contribution < 1.29 is 14.9 Å². The molecule has 1 saturated carbocycles. The zero-order valence-corrected chi connectivity index (χ0v) is 18.6. The van der Waals surface area contributed by atoms with Gasteiger partial charge in [0, 0.05) is 17.7 Å². The average molecular weight is 449 g/mol. The maximum atomic E-state index is 10.5. The maximum absolute atomic E-state index is 10.5. The standard InChI is InChI=1S/C29H24N2O3/c32-20-13-14-24(26(33)16-20)29-30-25(17-27(31-29)34-21-9-3-4-10-21)28-22-11-5-1-7-18(22)15-19-8-2-6-12-23(19)28/h1-2,5-8,11-17,21,32-33H,3-4,9-10H2. The van der Waals surface area contributed by atoms with E-state index < -0.39 is 0 Å². The molecule has 6 rings (SSSR count). The molecule has 34 heavy (non-hydrogen) atoms. The van der Waals surface area contributed by atoms with E-state index in [1.54, 1.807) is 6.07 Å². The third kappa shape index (κ3) is 3.69. The Bertz CT molecular complexity index is 1470. The highest BCUT2D eigenvalue weighted by atomic mass is 16.5. The van der Waals surface area contributed by atoms with Crippen LogP contribution in [-0.2, 0) is 0 Å². The smallest absolute Gasteiger partial charge is 0.217 e. The van der Waals surface area contributed by atoms with Crippen LogP contribution in [-0.4, -0.2) is 26.3 Å². The minimum atomic E-state index is -0.0771. The van der Waals surface area contributed by atoms with Crippen molar-refractivity contribution in [3.05, 3.63) is 78.9 Å². The van der Waals surface area contributed by atoms with Crippen molar-refractivity contribution in [2.45, 2.75) is 31.8 Å². The summed E-state index contributed by atoms with van der Waals surface area (Å²) in [6.07, 6.45) is 4.46. The summed E-state index contributed by atoms with van der Waals surface area (Å²) in [5.41, 5.74) is 2.19. The molecule has 0 unspecified atom stereocenters. The summed E-state index contributed by atoms with van der Waals surface area (Å²) in [7, 11) is 0. The van der Waals surface area contributed by atoms with Gasteiger partial charge in [-0.1, -0.05) is 48.5 Å². The highest BCUT2D eigenvalue weighted by Crippen LogP contribution is 2.39. The first-order valence-electron chi connectivity index (χ1n) is 11.6. The van der Waals surface area contributed by atoms with Crippen molar-refractivity contribution in [2.24, 2.45) is 0 Å². The normalized spacial score (nSPS) is 14.1. The molecule has 1 heterocycles. The number of hydrogen-bond acceptors (Lipinski definition) is 5. The number of hydrogen-bond donors (Lipinski definition) is 2. The number of aromatic nitrogens is 2. The van der Waals surface area contributed by atoms with Crippen LogP contribution in [0, 0.1) is 0 Å². The van der Waals surface area contributed by atoms with Gasteiger partial charge in [-0.15, -0.1) is 0 Å². The molecule has 1 aliphatic rings. The highest BCUT2D eigenvalue weighted by molar-refractivity contribution is 6.12. The van der Waals surface area contributed by atoms with Gasteiger partial charge in [-0.2, -0.15) is 4.98 Å². The van der Waals surface area contributed by atoms with E-state index in [-0.39, 0.29) is 17.6 Å². The quantitative estimate of drug-likeness (QED) is 0.294. The van der Waals surface area contributed by atoms with Gasteiger partial charge in [0.15, 0.2) is 5.82 Å². The van der Waals surface area contributed by atoms with E-state index in [4.69, 9.17) is 9.72 Å². The van der Waals surface area contributed by atoms with Crippen LogP contribution in [0.1, 0.15) is 25.7 Å². The summed E-state index contributed by atoms with van der Waals surface area (Å²) in [6, 6.07) is 25.1. The second-order valence-corrected chi connectivity index (χ2v) is 8.83. The molecule has 0 saturated heterocycles. The van der Waals surface area contributed by atoms with Crippen molar-refractivity contribution in [1.29, 1.82) is 0 Å². The zero-order chi connectivity index (χ0) is 23.1. The Morgan fingerprint density at radius 2 is 1.41 bits per heavy atom. The van der Waals surface area contributed by atoms with E-state index >= 15 is 0 Å². The molecule has 1 fully saturated rings. The number of rotatable bonds is 4. The lowest BCUT2D eigenvalue weighted by molar-refractivity contribution is 0.201. The van der Waals surface area contributed by atoms with E-state index in [0.717, 1.165) is 58.5 Å². The molecular weight excluding hydrogens is 424 g/mol. The van der Waals surface area contributed by atoms with Crippen LogP contribution < -0.4 is 4.74 Å². The van der Waals surface area contributed by atoms with E-state index in [2.05, 4.69) is 35.3 Å². The third-order valence-electron chi connectivity index (χ3n) is 6.54. The monoisotopic (exact) mass is 448 g/mol. The van der Waals surface area contributed by atoms with Crippen molar-refractivity contribution in [3.63, 3.8) is 0 Å². The Hall–Kier alpha value is -4.12. The van der Waals surface area contributed by atoms with Crippen molar-refractivity contribution in [2.75, 3.05) is 0 Å². The van der Waals surface area contributed by atoms with Crippen molar-refractivity contribution in [1.82, 2.24) is 9.97 Å². The molecule has 4 aromatic carbocycles. The second kappa shape index (κ2) is 8.34. The molecule has 1 aromatic heterocycles. The van der Waals surface area contributed by atoms with Gasteiger partial charge in [-0.3, -0.25) is 0 Å². The van der Waals surface area contributed by atoms with Crippen molar-refractivity contribution in [3.8, 4) is 40.0 Å². The van der Waals surface area contributed by atoms with Crippen molar-refractivity contribution >= 4 is 21.5 Å². The summed E-state index contributed by atoms with van der Waals surface area (Å²) < 4.78 is 6.31. The SMILES string of the molecule is Oc1ccc(-c2nc(OC3CCCC3)cc(-c3c4ccccc4cc4ccccc34)n2)c(O)c1. The average Bonchev–Trinajstić information content (AvgIpc) is 3.35. The minimum absolute atomic E-state index is 0.0140. The topological polar surface area (TPSA) is 75.5 Å². The number of nitrogens with zero attached hydrogens (tertiary/aromatic N) is 2. The first-order chi connectivity index (χ1) is 16.7. The number of phenols is 2. The molecule has 0 amide bonds. The second-order valence-electron chi connectivity index (χ2n) is 8.83. The predicted molar refractivity (Wildman–Crippen MR) is 134 cm³/mol. The van der Waals surface area contributed by atoms with E-state index in [1.165, 1.54) is 12.1 Å². The molecule has 2 N–H and O–H groups in total. The number of aromatic hydroxyl groups is 2. The van der Waals surface area contributed by atoms with Gasteiger partial charge in [0.05, 0.1) is 11.3 Å². The number of ether oxygens (including phenoxy) is 1. The van der Waals surface area contributed by atoms with Gasteiger partial charge in [0.2, 0.25) is 5.88 Å². The van der Waals surface area contributed by atoms with Crippen LogP contribution in [0.15, 0.2) is 78.9 Å². The van der Waals surface area contributed by atoms with Gasteiger partial charge in [0.1, 0.15) is 17.6 Å². The summed E-state index contributed by atoms with van der Waals surface area (Å²) >= 11 is 0. The van der Waals surface area contributed by atoms with Crippen LogP contribution in [0.4, 0.5) is 0 Å². The number of fused-ring (bicyclic) bond motifs is 2. The molecule has 1 aliphatic carbocycles. The van der Waals surface area contributed by atoms with Gasteiger partial charge in [-0.05, 0) is 65.4 Å². The van der Waals surface area contributed by atoms with Gasteiger partial charge < -0.3 is 14.9 Å². The molecule has 5 heteroatoms. The molecule has 0 bridgehead atoms. The first kappa shape index (κ1) is 20.5. The molecule has 0 radical (unpaired) electrons. The van der Waals surface area contributed by atoms with Gasteiger partial charge in [0.25, 0.3) is 0 Å². The van der Waals surface area contributed by atoms with E-state index in [0.29, 0.717) is 17.3 Å². The lowest BCUT2D eigenvalue weighted by Gasteiger charge is -2.16. The molecule has 168 valence electrons. The Labute approximate surface area is 197 Å². The van der Waals surface area contributed by atoms with Crippen LogP contribution in [0.25, 0.3) is 44.2 Å². The Balaban J connectivity index is 1.62. The van der Waals surface area contributed by atoms with Crippen LogP contribution >= 0.6 is 0 Å². The fraction of sp³-hybridized carbons (Fsp3) is 0.172. The zero-order valence-electron chi connectivity index (χ0n) is 18.6. The summed E-state index contributed by atoms with van der Waals surface area (Å²) in [5.74, 6) is 0.767. The fourth-order valence-corrected chi connectivity index (χ4v) is 4.91. The number of benzene rings is 4. The summed E-state index contributed by atoms with van der Waals surface area (Å²) in [5, 5.41) is 24.8. The molecule has 5 nitrogen and oxygen atoms in total. The summed E-state index contributed by atoms with van der Waals surface area (Å²) in [6.45, 7) is 0. The van der Waals surface area contributed by atoms with Crippen LogP contribution in [0.2, 0.25) is 0 Å². The lowest BCUT2D eigenvalue weighted by atomic mass is 9.94. The minimum Gasteiger partial charge on any atom is -0.508 e. The summed E-state index contributed by atoms with van der Waals surface area (Å²) in [4.78, 5) is 9.57. The molecule has 0 spiro atoms. The molecule has 0 aliphatic heterocycles. The lowest BCUT2D eigenvalue weighted by Crippen LogP contribution is -2.12. The number of phenolic OH excluding ortho intramolecular Hbond substituents is 2. The molecule has 0 atom stereocenters. The van der Waals surface area contributed by atoms with Crippen LogP contribution in [0.5, 0.6) is 17.4 Å². The molecule has 5 aromatic rings. The maximum Gasteiger partial charge on any atom is 0.217 e. The Kier molecular flexibility index (Phi) is 5.02. The van der Waals surface area contributed by atoms with Gasteiger partial charge >= 0.3 is 0 Å². The Morgan fingerprint density at radius 3 is 2.09 bits per heavy atom. The van der Waals surface area contributed by atoms with Crippen LogP contribution in [0.3, 0.4) is 0 Å². The van der Waals surface area contributed by atoms with Gasteiger partial charge in [-0.25, -0.2) is 4.98 Å². The van der Waals surface area contributed by atoms with E-state index in [1.807, 2.05) is 30.3 Å². The largest absolute Gasteiger partial charge is 0.508 e. The first-order valence-corrected chi connectivity index (χ1v) is 11.6. The van der Waals surface area contributed by atoms with E-state index in [9.17, 15) is 10.2 Å². The molecular formula is C29H24N2O3. The fourth-order valence-electron chi connectivity index (χ4n) is 4.91.